The maximum Gasteiger partial charge on any atom is 0.147 e. The molecule has 0 aliphatic carbocycles. The Morgan fingerprint density at radius 3 is 2.32 bits per heavy atom. The Labute approximate surface area is 124 Å². The summed E-state index contributed by atoms with van der Waals surface area (Å²) in [7, 11) is 1.74. The van der Waals surface area contributed by atoms with Crippen molar-refractivity contribution in [2.45, 2.75) is 32.8 Å². The second-order valence-corrected chi connectivity index (χ2v) is 5.24. The molecule has 0 saturated heterocycles. The molecule has 0 spiro atoms. The van der Waals surface area contributed by atoms with Crippen molar-refractivity contribution in [2.24, 2.45) is 5.92 Å². The van der Waals surface area contributed by atoms with Crippen LogP contribution in [0.3, 0.4) is 0 Å². The number of rotatable bonds is 7. The molecule has 0 fully saturated rings. The van der Waals surface area contributed by atoms with Crippen LogP contribution in [-0.4, -0.2) is 29.8 Å². The molecule has 0 aliphatic heterocycles. The van der Waals surface area contributed by atoms with Crippen molar-refractivity contribution < 1.29 is 5.11 Å². The number of nitrogens with zero attached hydrogens (tertiary/aromatic N) is 1. The summed E-state index contributed by atoms with van der Waals surface area (Å²) in [4.78, 5) is 4.28. The summed E-state index contributed by atoms with van der Waals surface area (Å²) >= 11 is 12.0. The highest BCUT2D eigenvalue weighted by Crippen LogP contribution is 2.29. The number of nitrogens with one attached hydrogen (secondary N) is 2. The summed E-state index contributed by atoms with van der Waals surface area (Å²) in [5, 5.41) is 16.9. The van der Waals surface area contributed by atoms with E-state index in [0.29, 0.717) is 28.2 Å². The molecule has 1 rings (SSSR count). The van der Waals surface area contributed by atoms with Crippen LogP contribution in [0.1, 0.15) is 26.7 Å². The fraction of sp³-hybridized carbons (Fsp3) is 0.615. The molecule has 3 N–H and O–H groups in total. The number of anilines is 2. The molecule has 1 aromatic heterocycles. The van der Waals surface area contributed by atoms with Crippen LogP contribution >= 0.6 is 23.2 Å². The largest absolute Gasteiger partial charge is 0.391 e. The molecule has 4 nitrogen and oxygen atoms in total. The van der Waals surface area contributed by atoms with Crippen LogP contribution in [0.4, 0.5) is 11.6 Å². The number of pyridine rings is 1. The molecule has 1 unspecified atom stereocenters. The lowest BCUT2D eigenvalue weighted by molar-refractivity contribution is 0.114. The number of hydrogen-bond acceptors (Lipinski definition) is 4. The van der Waals surface area contributed by atoms with Gasteiger partial charge < -0.3 is 15.7 Å². The Kier molecular flexibility index (Phi) is 6.69. The first-order valence-corrected chi connectivity index (χ1v) is 7.24. The van der Waals surface area contributed by atoms with Gasteiger partial charge >= 0.3 is 0 Å². The predicted molar refractivity (Wildman–Crippen MR) is 82.4 cm³/mol. The van der Waals surface area contributed by atoms with Gasteiger partial charge in [0.25, 0.3) is 0 Å². The van der Waals surface area contributed by atoms with Crippen LogP contribution in [0.5, 0.6) is 0 Å². The van der Waals surface area contributed by atoms with E-state index in [0.717, 1.165) is 12.8 Å². The van der Waals surface area contributed by atoms with Crippen LogP contribution in [0.15, 0.2) is 6.07 Å². The van der Waals surface area contributed by atoms with Gasteiger partial charge in [0.05, 0.1) is 16.1 Å². The van der Waals surface area contributed by atoms with Gasteiger partial charge in [-0.25, -0.2) is 4.98 Å². The number of halogens is 2. The van der Waals surface area contributed by atoms with Crippen LogP contribution in [0, 0.1) is 5.92 Å². The van der Waals surface area contributed by atoms with Crippen molar-refractivity contribution in [1.29, 1.82) is 0 Å². The molecule has 1 atom stereocenters. The quantitative estimate of drug-likeness (QED) is 0.720. The highest BCUT2D eigenvalue weighted by molar-refractivity contribution is 6.37. The number of aliphatic hydroxyl groups excluding tert-OH is 1. The highest BCUT2D eigenvalue weighted by Gasteiger charge is 2.16. The molecule has 19 heavy (non-hydrogen) atoms. The number of hydrogen-bond donors (Lipinski definition) is 3. The molecule has 0 radical (unpaired) electrons. The average molecular weight is 306 g/mol. The van der Waals surface area contributed by atoms with E-state index >= 15 is 0 Å². The van der Waals surface area contributed by atoms with Crippen LogP contribution in [0.25, 0.3) is 0 Å². The van der Waals surface area contributed by atoms with Crippen molar-refractivity contribution in [2.75, 3.05) is 24.2 Å². The molecule has 1 heterocycles. The van der Waals surface area contributed by atoms with Gasteiger partial charge in [0.1, 0.15) is 11.6 Å². The van der Waals surface area contributed by atoms with Gasteiger partial charge in [0.2, 0.25) is 0 Å². The summed E-state index contributed by atoms with van der Waals surface area (Å²) in [6.45, 7) is 4.57. The Morgan fingerprint density at radius 1 is 1.21 bits per heavy atom. The first-order valence-electron chi connectivity index (χ1n) is 6.49. The zero-order valence-electron chi connectivity index (χ0n) is 11.5. The second kappa shape index (κ2) is 7.78. The van der Waals surface area contributed by atoms with E-state index in [1.807, 2.05) is 0 Å². The molecule has 0 bridgehead atoms. The monoisotopic (exact) mass is 305 g/mol. The third kappa shape index (κ3) is 4.41. The molecule has 0 amide bonds. The molecular formula is C13H21Cl2N3O. The summed E-state index contributed by atoms with van der Waals surface area (Å²) in [6, 6.07) is 1.63. The standard InChI is InChI=1S/C13H21Cl2N3O/c1-4-8(5-2)11(19)7-17-13-10(15)6-9(14)12(16-3)18-13/h6,8,11,19H,4-5,7H2,1-3H3,(H2,16,17,18). The zero-order chi connectivity index (χ0) is 14.4. The van der Waals surface area contributed by atoms with Gasteiger partial charge in [-0.15, -0.1) is 0 Å². The van der Waals surface area contributed by atoms with E-state index in [9.17, 15) is 5.11 Å². The molecule has 108 valence electrons. The Morgan fingerprint density at radius 2 is 1.79 bits per heavy atom. The minimum Gasteiger partial charge on any atom is -0.391 e. The fourth-order valence-electron chi connectivity index (χ4n) is 1.97. The zero-order valence-corrected chi connectivity index (χ0v) is 13.0. The first-order chi connectivity index (χ1) is 9.03. The van der Waals surface area contributed by atoms with E-state index in [1.54, 1.807) is 13.1 Å². The third-order valence-electron chi connectivity index (χ3n) is 3.24. The molecule has 1 aromatic rings. The van der Waals surface area contributed by atoms with E-state index in [4.69, 9.17) is 23.2 Å². The minimum atomic E-state index is -0.415. The minimum absolute atomic E-state index is 0.280. The normalized spacial score (nSPS) is 12.6. The van der Waals surface area contributed by atoms with Crippen LogP contribution in [0.2, 0.25) is 10.0 Å². The van der Waals surface area contributed by atoms with E-state index < -0.39 is 6.10 Å². The van der Waals surface area contributed by atoms with Gasteiger partial charge in [-0.05, 0) is 12.0 Å². The second-order valence-electron chi connectivity index (χ2n) is 4.42. The van der Waals surface area contributed by atoms with E-state index in [1.165, 1.54) is 0 Å². The lowest BCUT2D eigenvalue weighted by Gasteiger charge is -2.21. The third-order valence-corrected chi connectivity index (χ3v) is 3.81. The fourth-order valence-corrected chi connectivity index (χ4v) is 2.49. The Balaban J connectivity index is 2.72. The molecule has 0 saturated carbocycles. The molecular weight excluding hydrogens is 285 g/mol. The Hall–Kier alpha value is -0.710. The molecule has 0 aromatic carbocycles. The first kappa shape index (κ1) is 16.3. The Bertz CT molecular complexity index is 411. The molecule has 0 aliphatic rings. The SMILES string of the molecule is CCC(CC)C(O)CNc1nc(NC)c(Cl)cc1Cl. The number of aromatic nitrogens is 1. The van der Waals surface area contributed by atoms with Crippen LogP contribution < -0.4 is 10.6 Å². The predicted octanol–water partition coefficient (Wildman–Crippen LogP) is 3.64. The summed E-state index contributed by atoms with van der Waals surface area (Å²) in [6.07, 6.45) is 1.48. The van der Waals surface area contributed by atoms with Gasteiger partial charge in [0.15, 0.2) is 0 Å². The highest BCUT2D eigenvalue weighted by atomic mass is 35.5. The van der Waals surface area contributed by atoms with Crippen molar-refractivity contribution in [3.8, 4) is 0 Å². The smallest absolute Gasteiger partial charge is 0.147 e. The topological polar surface area (TPSA) is 57.2 Å². The molecule has 6 heteroatoms. The van der Waals surface area contributed by atoms with Crippen molar-refractivity contribution in [1.82, 2.24) is 4.98 Å². The van der Waals surface area contributed by atoms with Gasteiger partial charge in [-0.2, -0.15) is 0 Å². The maximum absolute atomic E-state index is 10.1. The van der Waals surface area contributed by atoms with E-state index in [2.05, 4.69) is 29.5 Å². The average Bonchev–Trinajstić information content (AvgIpc) is 2.39. The lowest BCUT2D eigenvalue weighted by Crippen LogP contribution is -2.28. The number of aliphatic hydroxyl groups is 1. The van der Waals surface area contributed by atoms with Gasteiger partial charge in [-0.3, -0.25) is 0 Å². The van der Waals surface area contributed by atoms with Crippen molar-refractivity contribution in [3.63, 3.8) is 0 Å². The summed E-state index contributed by atoms with van der Waals surface area (Å²) in [5.74, 6) is 1.37. The summed E-state index contributed by atoms with van der Waals surface area (Å²) in [5.41, 5.74) is 0. The lowest BCUT2D eigenvalue weighted by atomic mass is 9.97. The van der Waals surface area contributed by atoms with Crippen LogP contribution in [-0.2, 0) is 0 Å². The van der Waals surface area contributed by atoms with E-state index in [-0.39, 0.29) is 5.92 Å². The van der Waals surface area contributed by atoms with Gasteiger partial charge in [-0.1, -0.05) is 49.9 Å². The summed E-state index contributed by atoms with van der Waals surface area (Å²) < 4.78 is 0. The van der Waals surface area contributed by atoms with Crippen molar-refractivity contribution in [3.05, 3.63) is 16.1 Å². The van der Waals surface area contributed by atoms with Gasteiger partial charge in [0, 0.05) is 13.6 Å². The maximum atomic E-state index is 10.1. The van der Waals surface area contributed by atoms with Crippen molar-refractivity contribution >= 4 is 34.8 Å².